The quantitative estimate of drug-likeness (QED) is 0.170. The Bertz CT molecular complexity index is 1820. The highest BCUT2D eigenvalue weighted by atomic mass is 32.2. The van der Waals surface area contributed by atoms with Gasteiger partial charge in [0.05, 0.1) is 29.7 Å². The highest BCUT2D eigenvalue weighted by molar-refractivity contribution is 7.89. The van der Waals surface area contributed by atoms with Gasteiger partial charge in [-0.1, -0.05) is 65.7 Å². The molecule has 0 bridgehead atoms. The molecule has 1 aliphatic rings. The molecule has 0 N–H and O–H groups in total. The van der Waals surface area contributed by atoms with E-state index in [2.05, 4.69) is 0 Å². The van der Waals surface area contributed by atoms with Crippen molar-refractivity contribution in [2.75, 3.05) is 12.0 Å². The summed E-state index contributed by atoms with van der Waals surface area (Å²) in [5.41, 5.74) is 4.14. The monoisotopic (exact) mass is 596 g/mol. The fourth-order valence-corrected chi connectivity index (χ4v) is 6.32. The van der Waals surface area contributed by atoms with E-state index in [0.29, 0.717) is 22.9 Å². The molecule has 0 atom stereocenters. The molecule has 220 valence electrons. The third kappa shape index (κ3) is 6.23. The molecule has 9 heteroatoms. The first-order valence-corrected chi connectivity index (χ1v) is 15.1. The molecule has 43 heavy (non-hydrogen) atoms. The number of carbonyl (C=O) groups excluding carboxylic acids is 2. The topological polar surface area (TPSA) is 97.1 Å². The molecule has 0 unspecified atom stereocenters. The number of hydrogen-bond donors (Lipinski definition) is 0. The number of furan rings is 1. The molecule has 5 rings (SSSR count). The summed E-state index contributed by atoms with van der Waals surface area (Å²) >= 11 is 0. The van der Waals surface area contributed by atoms with Gasteiger partial charge in [-0.15, -0.1) is 0 Å². The van der Waals surface area contributed by atoms with E-state index in [-0.39, 0.29) is 29.1 Å². The molecule has 0 fully saturated rings. The van der Waals surface area contributed by atoms with Crippen LogP contribution in [0.15, 0.2) is 117 Å². The van der Waals surface area contributed by atoms with Crippen molar-refractivity contribution in [2.24, 2.45) is 0 Å². The second kappa shape index (κ2) is 12.2. The van der Waals surface area contributed by atoms with Gasteiger partial charge in [-0.05, 0) is 68.8 Å². The van der Waals surface area contributed by atoms with Crippen LogP contribution in [0.5, 0.6) is 0 Å². The van der Waals surface area contributed by atoms with Gasteiger partial charge in [-0.2, -0.15) is 4.31 Å². The first-order chi connectivity index (χ1) is 20.6. The molecule has 0 saturated heterocycles. The number of sulfonamides is 1. The van der Waals surface area contributed by atoms with Crippen molar-refractivity contribution in [3.63, 3.8) is 0 Å². The number of methoxy groups -OCH3 is 1. The van der Waals surface area contributed by atoms with E-state index >= 15 is 0 Å². The molecule has 4 aromatic rings. The Hall–Kier alpha value is -4.73. The number of allylic oxidation sites excluding steroid dienone is 1. The Balaban J connectivity index is 1.48. The van der Waals surface area contributed by atoms with Crippen LogP contribution in [-0.2, 0) is 37.4 Å². The molecule has 0 radical (unpaired) electrons. The molecular weight excluding hydrogens is 564 g/mol. The van der Waals surface area contributed by atoms with Crippen LogP contribution in [0.2, 0.25) is 0 Å². The third-order valence-electron chi connectivity index (χ3n) is 7.24. The summed E-state index contributed by atoms with van der Waals surface area (Å²) in [6.45, 7) is 5.62. The number of hydrogen-bond acceptors (Lipinski definition) is 6. The third-order valence-corrected chi connectivity index (χ3v) is 9.05. The van der Waals surface area contributed by atoms with Gasteiger partial charge in [0, 0.05) is 17.9 Å². The fourth-order valence-electron chi connectivity index (χ4n) is 4.93. The van der Waals surface area contributed by atoms with E-state index in [0.717, 1.165) is 16.7 Å². The van der Waals surface area contributed by atoms with Gasteiger partial charge in [-0.25, -0.2) is 13.2 Å². The number of benzene rings is 3. The summed E-state index contributed by atoms with van der Waals surface area (Å²) in [6, 6.07) is 26.7. The number of nitrogens with zero attached hydrogens (tertiary/aromatic N) is 2. The molecular formula is C34H32N2O6S. The molecule has 1 aromatic heterocycles. The largest absolute Gasteiger partial charge is 0.465 e. The van der Waals surface area contributed by atoms with Crippen LogP contribution in [0.1, 0.15) is 35.1 Å². The van der Waals surface area contributed by atoms with Crippen LogP contribution in [0.3, 0.4) is 0 Å². The van der Waals surface area contributed by atoms with Gasteiger partial charge in [-0.3, -0.25) is 9.69 Å². The van der Waals surface area contributed by atoms with Crippen molar-refractivity contribution in [3.8, 4) is 0 Å². The van der Waals surface area contributed by atoms with E-state index in [1.165, 1.54) is 22.4 Å². The minimum absolute atomic E-state index is 0.0452. The Morgan fingerprint density at radius 1 is 0.860 bits per heavy atom. The number of rotatable bonds is 9. The van der Waals surface area contributed by atoms with Crippen molar-refractivity contribution >= 4 is 33.7 Å². The highest BCUT2D eigenvalue weighted by Crippen LogP contribution is 2.36. The zero-order chi connectivity index (χ0) is 30.7. The van der Waals surface area contributed by atoms with Gasteiger partial charge < -0.3 is 9.15 Å². The molecule has 1 aliphatic heterocycles. The second-order valence-electron chi connectivity index (χ2n) is 10.4. The van der Waals surface area contributed by atoms with Crippen LogP contribution in [0.4, 0.5) is 5.69 Å². The first-order valence-electron chi connectivity index (χ1n) is 13.7. The molecule has 2 heterocycles. The predicted molar refractivity (Wildman–Crippen MR) is 164 cm³/mol. The van der Waals surface area contributed by atoms with Crippen molar-refractivity contribution in [1.29, 1.82) is 0 Å². The summed E-state index contributed by atoms with van der Waals surface area (Å²) < 4.78 is 39.8. The smallest absolute Gasteiger partial charge is 0.340 e. The standard InChI is InChI=1S/C34H32N2O6S/c1-23-10-14-27(15-11-23)36-25(3)32(34(38)41-4)31(33(36)37)20-28-16-17-29(42-28)22-35(21-26-8-6-5-7-9-26)43(39,40)30-18-12-24(2)13-19-30/h5-20H,21-22H2,1-4H3/b31-20+. The number of ether oxygens (including phenoxy) is 1. The lowest BCUT2D eigenvalue weighted by Crippen LogP contribution is -2.30. The van der Waals surface area contributed by atoms with Crippen LogP contribution < -0.4 is 4.90 Å². The van der Waals surface area contributed by atoms with Crippen molar-refractivity contribution in [1.82, 2.24) is 4.31 Å². The van der Waals surface area contributed by atoms with Crippen molar-refractivity contribution in [3.05, 3.63) is 136 Å². The highest BCUT2D eigenvalue weighted by Gasteiger charge is 2.38. The number of amides is 1. The van der Waals surface area contributed by atoms with Crippen molar-refractivity contribution in [2.45, 2.75) is 38.8 Å². The summed E-state index contributed by atoms with van der Waals surface area (Å²) in [5.74, 6) is -0.366. The Labute approximate surface area is 251 Å². The molecule has 1 amide bonds. The van der Waals surface area contributed by atoms with E-state index in [4.69, 9.17) is 9.15 Å². The van der Waals surface area contributed by atoms with Crippen LogP contribution in [0.25, 0.3) is 6.08 Å². The maximum absolute atomic E-state index is 13.7. The molecule has 8 nitrogen and oxygen atoms in total. The van der Waals surface area contributed by atoms with Gasteiger partial charge in [0.1, 0.15) is 11.5 Å². The summed E-state index contributed by atoms with van der Waals surface area (Å²) in [5, 5.41) is 0. The Morgan fingerprint density at radius 3 is 2.12 bits per heavy atom. The SMILES string of the molecule is COC(=O)C1=C(C)N(c2ccc(C)cc2)C(=O)/C1=C/c1ccc(CN(Cc2ccccc2)S(=O)(=O)c2ccc(C)cc2)o1. The lowest BCUT2D eigenvalue weighted by Gasteiger charge is -2.21. The van der Waals surface area contributed by atoms with Gasteiger partial charge >= 0.3 is 5.97 Å². The first kappa shape index (κ1) is 29.8. The lowest BCUT2D eigenvalue weighted by molar-refractivity contribution is -0.136. The zero-order valence-electron chi connectivity index (χ0n) is 24.4. The summed E-state index contributed by atoms with van der Waals surface area (Å²) in [7, 11) is -2.62. The summed E-state index contributed by atoms with van der Waals surface area (Å²) in [4.78, 5) is 28.1. The molecule has 0 spiro atoms. The van der Waals surface area contributed by atoms with Gasteiger partial charge in [0.25, 0.3) is 5.91 Å². The second-order valence-corrected chi connectivity index (χ2v) is 12.3. The zero-order valence-corrected chi connectivity index (χ0v) is 25.2. The average molecular weight is 597 g/mol. The van der Waals surface area contributed by atoms with E-state index < -0.39 is 21.9 Å². The average Bonchev–Trinajstić information content (AvgIpc) is 3.54. The molecule has 3 aromatic carbocycles. The molecule has 0 saturated carbocycles. The number of anilines is 1. The Kier molecular flexibility index (Phi) is 8.47. The van der Waals surface area contributed by atoms with Gasteiger partial charge in [0.15, 0.2) is 0 Å². The maximum atomic E-state index is 13.7. The van der Waals surface area contributed by atoms with Crippen LogP contribution >= 0.6 is 0 Å². The lowest BCUT2D eigenvalue weighted by atomic mass is 10.1. The number of aryl methyl sites for hydroxylation is 2. The van der Waals surface area contributed by atoms with Crippen molar-refractivity contribution < 1.29 is 27.2 Å². The number of carbonyl (C=O) groups is 2. The Morgan fingerprint density at radius 2 is 1.49 bits per heavy atom. The maximum Gasteiger partial charge on any atom is 0.340 e. The van der Waals surface area contributed by atoms with Crippen LogP contribution in [-0.4, -0.2) is 31.7 Å². The fraction of sp³-hybridized carbons (Fsp3) is 0.176. The predicted octanol–water partition coefficient (Wildman–Crippen LogP) is 6.16. The molecule has 0 aliphatic carbocycles. The van der Waals surface area contributed by atoms with E-state index in [1.54, 1.807) is 43.3 Å². The minimum atomic E-state index is -3.88. The van der Waals surface area contributed by atoms with Crippen LogP contribution in [0, 0.1) is 13.8 Å². The normalized spacial score (nSPS) is 14.7. The van der Waals surface area contributed by atoms with E-state index in [9.17, 15) is 18.0 Å². The number of esters is 1. The minimum Gasteiger partial charge on any atom is -0.465 e. The van der Waals surface area contributed by atoms with E-state index in [1.807, 2.05) is 68.4 Å². The van der Waals surface area contributed by atoms with Gasteiger partial charge in [0.2, 0.25) is 10.0 Å². The summed E-state index contributed by atoms with van der Waals surface area (Å²) in [6.07, 6.45) is 1.49.